The van der Waals surface area contributed by atoms with Crippen molar-refractivity contribution < 1.29 is 26.3 Å². The number of phenolic OH excluding ortho intramolecular Hbond substituents is 1. The molecular weight excluding hydrogens is 789 g/mol. The number of benzene rings is 6. The predicted molar refractivity (Wildman–Crippen MR) is 204 cm³/mol. The molecule has 0 aliphatic heterocycles. The fourth-order valence-electron chi connectivity index (χ4n) is 5.80. The summed E-state index contributed by atoms with van der Waals surface area (Å²) in [6.07, 6.45) is 0. The summed E-state index contributed by atoms with van der Waals surface area (Å²) in [7, 11) is -8.65. The average Bonchev–Trinajstić information content (AvgIpc) is 3.10. The molecule has 0 radical (unpaired) electrons. The number of halogens is 5. The van der Waals surface area contributed by atoms with E-state index >= 15 is 0 Å². The third-order valence-electron chi connectivity index (χ3n) is 8.29. The third-order valence-corrected chi connectivity index (χ3v) is 12.8. The lowest BCUT2D eigenvalue weighted by Gasteiger charge is -2.25. The zero-order valence-electron chi connectivity index (χ0n) is 27.1. The van der Waals surface area contributed by atoms with Crippen molar-refractivity contribution in [1.82, 2.24) is 8.61 Å². The van der Waals surface area contributed by atoms with Crippen LogP contribution in [0.25, 0.3) is 10.8 Å². The second kappa shape index (κ2) is 15.7. The SMILES string of the molecule is O=S(=O)(c1cc(Cl)cc(Cl)c1)N(Cc1ccc(F)cc1)Cc1cccc(CN(Cc2cccc3ccccc23)S(=O)(=O)c2cc(Cl)cc(Cl)c2O)c1. The van der Waals surface area contributed by atoms with E-state index in [-0.39, 0.29) is 51.2 Å². The molecule has 0 spiro atoms. The standard InChI is InChI=1S/C38H29Cl4FN2O5S2/c39-30-16-31(40)18-34(17-30)51(47,48)44(21-25-11-13-33(43)14-12-25)22-26-5-3-6-27(15-26)23-45(24-29-9-4-8-28-7-1-2-10-35(28)29)52(49,50)37-20-32(41)19-36(42)38(37)46/h1-20,46H,21-24H2. The van der Waals surface area contributed by atoms with Crippen molar-refractivity contribution in [2.24, 2.45) is 0 Å². The molecule has 0 saturated heterocycles. The smallest absolute Gasteiger partial charge is 0.247 e. The molecule has 0 unspecified atom stereocenters. The topological polar surface area (TPSA) is 95.0 Å². The zero-order chi connectivity index (χ0) is 37.2. The first-order chi connectivity index (χ1) is 24.7. The monoisotopic (exact) mass is 816 g/mol. The Hall–Kier alpha value is -3.71. The number of nitrogens with zero attached hydrogens (tertiary/aromatic N) is 2. The first kappa shape index (κ1) is 38.0. The molecule has 0 aromatic heterocycles. The van der Waals surface area contributed by atoms with Crippen LogP contribution >= 0.6 is 46.4 Å². The van der Waals surface area contributed by atoms with Gasteiger partial charge in [0.1, 0.15) is 10.7 Å². The van der Waals surface area contributed by atoms with Gasteiger partial charge in [-0.15, -0.1) is 0 Å². The second-order valence-electron chi connectivity index (χ2n) is 12.0. The average molecular weight is 819 g/mol. The van der Waals surface area contributed by atoms with Gasteiger partial charge in [0.05, 0.1) is 9.92 Å². The van der Waals surface area contributed by atoms with Gasteiger partial charge in [-0.1, -0.05) is 125 Å². The molecule has 0 amide bonds. The van der Waals surface area contributed by atoms with Crippen LogP contribution in [-0.4, -0.2) is 30.6 Å². The van der Waals surface area contributed by atoms with Crippen molar-refractivity contribution in [1.29, 1.82) is 0 Å². The van der Waals surface area contributed by atoms with Gasteiger partial charge in [-0.05, 0) is 75.5 Å². The van der Waals surface area contributed by atoms with Crippen LogP contribution in [0.3, 0.4) is 0 Å². The van der Waals surface area contributed by atoms with Crippen LogP contribution in [0.1, 0.15) is 22.3 Å². The van der Waals surface area contributed by atoms with E-state index in [1.54, 1.807) is 24.3 Å². The van der Waals surface area contributed by atoms with Gasteiger partial charge < -0.3 is 5.11 Å². The Morgan fingerprint density at radius 2 is 1.12 bits per heavy atom. The van der Waals surface area contributed by atoms with Gasteiger partial charge in [0.2, 0.25) is 20.0 Å². The number of phenols is 1. The minimum atomic E-state index is -4.44. The number of hydrogen-bond donors (Lipinski definition) is 1. The molecule has 0 fully saturated rings. The molecule has 0 atom stereocenters. The summed E-state index contributed by atoms with van der Waals surface area (Å²) in [5.41, 5.74) is 2.30. The Balaban J connectivity index is 1.39. The van der Waals surface area contributed by atoms with E-state index in [1.807, 2.05) is 42.5 Å². The maximum atomic E-state index is 14.3. The van der Waals surface area contributed by atoms with Crippen LogP contribution in [0.5, 0.6) is 5.75 Å². The van der Waals surface area contributed by atoms with Crippen LogP contribution in [-0.2, 0) is 46.2 Å². The summed E-state index contributed by atoms with van der Waals surface area (Å²) in [6, 6.07) is 31.9. The molecular formula is C38H29Cl4FN2O5S2. The number of rotatable bonds is 12. The summed E-state index contributed by atoms with van der Waals surface area (Å²) < 4.78 is 73.0. The van der Waals surface area contributed by atoms with Gasteiger partial charge in [-0.25, -0.2) is 21.2 Å². The van der Waals surface area contributed by atoms with Gasteiger partial charge in [-0.2, -0.15) is 8.61 Å². The molecule has 14 heteroatoms. The first-order valence-corrected chi connectivity index (χ1v) is 20.0. The van der Waals surface area contributed by atoms with Crippen LogP contribution in [0.15, 0.2) is 131 Å². The lowest BCUT2D eigenvalue weighted by Crippen LogP contribution is -2.31. The molecule has 0 aliphatic carbocycles. The van der Waals surface area contributed by atoms with Crippen molar-refractivity contribution >= 4 is 77.2 Å². The van der Waals surface area contributed by atoms with Crippen LogP contribution in [0.4, 0.5) is 4.39 Å². The van der Waals surface area contributed by atoms with Crippen LogP contribution in [0.2, 0.25) is 20.1 Å². The highest BCUT2D eigenvalue weighted by Gasteiger charge is 2.31. The summed E-state index contributed by atoms with van der Waals surface area (Å²) in [4.78, 5) is -0.589. The van der Waals surface area contributed by atoms with E-state index in [4.69, 9.17) is 46.4 Å². The van der Waals surface area contributed by atoms with Crippen LogP contribution in [0, 0.1) is 5.82 Å². The van der Waals surface area contributed by atoms with Gasteiger partial charge in [0, 0.05) is 41.2 Å². The molecule has 7 nitrogen and oxygen atoms in total. The third kappa shape index (κ3) is 8.56. The summed E-state index contributed by atoms with van der Waals surface area (Å²) in [5.74, 6) is -1.10. The maximum Gasteiger partial charge on any atom is 0.247 e. The van der Waals surface area contributed by atoms with Crippen LogP contribution < -0.4 is 0 Å². The largest absolute Gasteiger partial charge is 0.505 e. The number of fused-ring (bicyclic) bond motifs is 1. The molecule has 6 rings (SSSR count). The van der Waals surface area contributed by atoms with E-state index in [0.29, 0.717) is 22.3 Å². The molecule has 6 aromatic rings. The Morgan fingerprint density at radius 3 is 1.79 bits per heavy atom. The van der Waals surface area contributed by atoms with E-state index in [1.165, 1.54) is 57.1 Å². The predicted octanol–water partition coefficient (Wildman–Crippen LogP) is 10.1. The second-order valence-corrected chi connectivity index (χ2v) is 17.5. The van der Waals surface area contributed by atoms with Gasteiger partial charge in [-0.3, -0.25) is 0 Å². The highest BCUT2D eigenvalue weighted by Crippen LogP contribution is 2.37. The molecule has 0 aliphatic rings. The van der Waals surface area contributed by atoms with Crippen molar-refractivity contribution in [3.05, 3.63) is 169 Å². The molecule has 0 bridgehead atoms. The fourth-order valence-corrected chi connectivity index (χ4v) is 10.1. The summed E-state index contributed by atoms with van der Waals surface area (Å²) in [6.45, 7) is -0.512. The lowest BCUT2D eigenvalue weighted by molar-refractivity contribution is 0.393. The van der Waals surface area contributed by atoms with Gasteiger partial charge in [0.15, 0.2) is 5.75 Å². The quantitative estimate of drug-likeness (QED) is 0.133. The van der Waals surface area contributed by atoms with Crippen molar-refractivity contribution in [3.63, 3.8) is 0 Å². The minimum Gasteiger partial charge on any atom is -0.505 e. The molecule has 52 heavy (non-hydrogen) atoms. The Kier molecular flexibility index (Phi) is 11.5. The van der Waals surface area contributed by atoms with Crippen molar-refractivity contribution in [2.75, 3.05) is 0 Å². The number of aromatic hydroxyl groups is 1. The fraction of sp³-hybridized carbons (Fsp3) is 0.105. The normalized spacial score (nSPS) is 12.2. The summed E-state index contributed by atoms with van der Waals surface area (Å²) in [5, 5.41) is 12.6. The Bertz CT molecular complexity index is 2480. The maximum absolute atomic E-state index is 14.3. The molecule has 1 N–H and O–H groups in total. The highest BCUT2D eigenvalue weighted by molar-refractivity contribution is 7.89. The Labute approximate surface area is 321 Å². The number of hydrogen-bond acceptors (Lipinski definition) is 5. The molecule has 0 heterocycles. The molecule has 0 saturated carbocycles. The van der Waals surface area contributed by atoms with Gasteiger partial charge in [0.25, 0.3) is 0 Å². The highest BCUT2D eigenvalue weighted by atomic mass is 35.5. The minimum absolute atomic E-state index is 0.0249. The summed E-state index contributed by atoms with van der Waals surface area (Å²) >= 11 is 24.7. The first-order valence-electron chi connectivity index (χ1n) is 15.6. The van der Waals surface area contributed by atoms with E-state index in [2.05, 4.69) is 0 Å². The van der Waals surface area contributed by atoms with Gasteiger partial charge >= 0.3 is 0 Å². The number of sulfonamides is 2. The van der Waals surface area contributed by atoms with Crippen molar-refractivity contribution in [2.45, 2.75) is 36.0 Å². The van der Waals surface area contributed by atoms with E-state index in [9.17, 15) is 26.3 Å². The zero-order valence-corrected chi connectivity index (χ0v) is 31.7. The lowest BCUT2D eigenvalue weighted by atomic mass is 10.0. The molecule has 268 valence electrons. The Morgan fingerprint density at radius 1 is 0.558 bits per heavy atom. The van der Waals surface area contributed by atoms with E-state index < -0.39 is 36.5 Å². The molecule has 6 aromatic carbocycles. The van der Waals surface area contributed by atoms with E-state index in [0.717, 1.165) is 16.8 Å². The van der Waals surface area contributed by atoms with Crippen molar-refractivity contribution in [3.8, 4) is 5.75 Å².